The van der Waals surface area contributed by atoms with Gasteiger partial charge in [0.25, 0.3) is 0 Å². The van der Waals surface area contributed by atoms with Crippen LogP contribution in [-0.2, 0) is 13.2 Å². The minimum Gasteiger partial charge on any atom is -0.489 e. The molecule has 2 aliphatic rings. The third kappa shape index (κ3) is 4.13. The molecular weight excluding hydrogens is 354 g/mol. The lowest BCUT2D eigenvalue weighted by atomic mass is 9.94. The van der Waals surface area contributed by atoms with Crippen molar-refractivity contribution < 1.29 is 4.74 Å². The second-order valence-electron chi connectivity index (χ2n) is 8.15. The molecule has 1 fully saturated rings. The van der Waals surface area contributed by atoms with Crippen LogP contribution in [0.2, 0.25) is 0 Å². The molecule has 0 aliphatic carbocycles. The summed E-state index contributed by atoms with van der Waals surface area (Å²) >= 11 is 0. The predicted molar refractivity (Wildman–Crippen MR) is 119 cm³/mol. The maximum Gasteiger partial charge on any atom is 0.119 e. The lowest BCUT2D eigenvalue weighted by Gasteiger charge is -2.34. The molecule has 2 bridgehead atoms. The van der Waals surface area contributed by atoms with E-state index in [9.17, 15) is 0 Å². The summed E-state index contributed by atoms with van der Waals surface area (Å²) in [4.78, 5) is 2.69. The van der Waals surface area contributed by atoms with Gasteiger partial charge in [-0.15, -0.1) is 0 Å². The Morgan fingerprint density at radius 2 is 1.45 bits per heavy atom. The van der Waals surface area contributed by atoms with Crippen LogP contribution in [0, 0.1) is 0 Å². The maximum atomic E-state index is 5.94. The Hall–Kier alpha value is -2.84. The molecule has 146 valence electrons. The van der Waals surface area contributed by atoms with E-state index < -0.39 is 0 Å². The van der Waals surface area contributed by atoms with Gasteiger partial charge in [0, 0.05) is 18.6 Å². The average Bonchev–Trinajstić information content (AvgIpc) is 3.01. The molecule has 3 aromatic rings. The lowest BCUT2D eigenvalue weighted by molar-refractivity contribution is 0.203. The van der Waals surface area contributed by atoms with Crippen molar-refractivity contribution in [1.82, 2.24) is 4.90 Å². The van der Waals surface area contributed by atoms with Gasteiger partial charge in [0.15, 0.2) is 0 Å². The van der Waals surface area contributed by atoms with Gasteiger partial charge < -0.3 is 4.74 Å². The number of hydrogen-bond donors (Lipinski definition) is 0. The number of rotatable bonds is 6. The first-order valence-electron chi connectivity index (χ1n) is 10.6. The third-order valence-electron chi connectivity index (χ3n) is 6.22. The number of benzene rings is 3. The van der Waals surface area contributed by atoms with Crippen LogP contribution in [0.4, 0.5) is 0 Å². The molecule has 29 heavy (non-hydrogen) atoms. The Bertz CT molecular complexity index is 962. The van der Waals surface area contributed by atoms with Gasteiger partial charge in [-0.3, -0.25) is 4.90 Å². The van der Waals surface area contributed by atoms with Crippen LogP contribution in [0.25, 0.3) is 5.57 Å². The molecule has 2 unspecified atom stereocenters. The molecule has 3 aromatic carbocycles. The van der Waals surface area contributed by atoms with Gasteiger partial charge in [-0.05, 0) is 53.7 Å². The van der Waals surface area contributed by atoms with Gasteiger partial charge in [-0.1, -0.05) is 78.9 Å². The van der Waals surface area contributed by atoms with E-state index in [-0.39, 0.29) is 0 Å². The Kier molecular flexibility index (Phi) is 5.19. The van der Waals surface area contributed by atoms with E-state index in [4.69, 9.17) is 4.74 Å². The van der Waals surface area contributed by atoms with Crippen molar-refractivity contribution in [2.75, 3.05) is 0 Å². The molecule has 0 amide bonds. The topological polar surface area (TPSA) is 12.5 Å². The quantitative estimate of drug-likeness (QED) is 0.512. The molecule has 1 saturated heterocycles. The number of fused-ring (bicyclic) bond motifs is 2. The highest BCUT2D eigenvalue weighted by Crippen LogP contribution is 2.39. The molecule has 2 heterocycles. The van der Waals surface area contributed by atoms with E-state index in [2.05, 4.69) is 77.7 Å². The summed E-state index contributed by atoms with van der Waals surface area (Å²) < 4.78 is 5.94. The first-order chi connectivity index (χ1) is 14.3. The van der Waals surface area contributed by atoms with Crippen LogP contribution in [0.5, 0.6) is 5.75 Å². The van der Waals surface area contributed by atoms with Crippen LogP contribution in [0.15, 0.2) is 91.0 Å². The Morgan fingerprint density at radius 1 is 0.759 bits per heavy atom. The van der Waals surface area contributed by atoms with Gasteiger partial charge in [-0.25, -0.2) is 0 Å². The summed E-state index contributed by atoms with van der Waals surface area (Å²) in [6, 6.07) is 31.1. The van der Waals surface area contributed by atoms with Crippen molar-refractivity contribution in [3.8, 4) is 5.75 Å². The van der Waals surface area contributed by atoms with Gasteiger partial charge in [-0.2, -0.15) is 0 Å². The Morgan fingerprint density at radius 3 is 2.14 bits per heavy atom. The van der Waals surface area contributed by atoms with Crippen LogP contribution in [0.3, 0.4) is 0 Å². The molecule has 5 rings (SSSR count). The van der Waals surface area contributed by atoms with E-state index in [1.807, 2.05) is 18.2 Å². The lowest BCUT2D eigenvalue weighted by Crippen LogP contribution is -2.37. The van der Waals surface area contributed by atoms with Crippen molar-refractivity contribution in [2.45, 2.75) is 44.5 Å². The highest BCUT2D eigenvalue weighted by molar-refractivity contribution is 5.68. The Balaban J connectivity index is 1.25. The SMILES string of the molecule is C1=C(c2ccc(OCc3ccccc3)cc2)CC2CCC1N2Cc1ccccc1. The second-order valence-corrected chi connectivity index (χ2v) is 8.15. The summed E-state index contributed by atoms with van der Waals surface area (Å²) in [5.41, 5.74) is 5.45. The molecule has 2 atom stereocenters. The zero-order chi connectivity index (χ0) is 19.5. The summed E-state index contributed by atoms with van der Waals surface area (Å²) in [5, 5.41) is 0. The van der Waals surface area contributed by atoms with E-state index >= 15 is 0 Å². The van der Waals surface area contributed by atoms with Gasteiger partial charge in [0.1, 0.15) is 12.4 Å². The van der Waals surface area contributed by atoms with E-state index in [1.54, 1.807) is 0 Å². The number of ether oxygens (including phenoxy) is 1. The molecule has 0 N–H and O–H groups in total. The zero-order valence-corrected chi connectivity index (χ0v) is 16.7. The second kappa shape index (κ2) is 8.26. The molecule has 0 spiro atoms. The molecule has 0 saturated carbocycles. The fraction of sp³-hybridized carbons (Fsp3) is 0.259. The highest BCUT2D eigenvalue weighted by Gasteiger charge is 2.36. The number of nitrogens with zero attached hydrogens (tertiary/aromatic N) is 1. The van der Waals surface area contributed by atoms with Crippen molar-refractivity contribution >= 4 is 5.57 Å². The molecule has 2 nitrogen and oxygen atoms in total. The minimum absolute atomic E-state index is 0.568. The zero-order valence-electron chi connectivity index (χ0n) is 16.7. The van der Waals surface area contributed by atoms with Crippen molar-refractivity contribution in [1.29, 1.82) is 0 Å². The predicted octanol–water partition coefficient (Wildman–Crippen LogP) is 6.09. The third-order valence-corrected chi connectivity index (χ3v) is 6.22. The first kappa shape index (κ1) is 18.2. The molecule has 0 radical (unpaired) electrons. The minimum atomic E-state index is 0.568. The van der Waals surface area contributed by atoms with Crippen LogP contribution in [0.1, 0.15) is 36.0 Å². The Labute approximate surface area is 173 Å². The number of hydrogen-bond acceptors (Lipinski definition) is 2. The normalized spacial score (nSPS) is 21.0. The molecule has 0 aromatic heterocycles. The molecule has 2 heteroatoms. The van der Waals surface area contributed by atoms with Gasteiger partial charge in [0.2, 0.25) is 0 Å². The summed E-state index contributed by atoms with van der Waals surface area (Å²) in [6.07, 6.45) is 6.23. The van der Waals surface area contributed by atoms with Crippen LogP contribution >= 0.6 is 0 Å². The van der Waals surface area contributed by atoms with Crippen LogP contribution < -0.4 is 4.74 Å². The van der Waals surface area contributed by atoms with Crippen molar-refractivity contribution in [2.24, 2.45) is 0 Å². The fourth-order valence-electron chi connectivity index (χ4n) is 4.68. The van der Waals surface area contributed by atoms with Crippen molar-refractivity contribution in [3.63, 3.8) is 0 Å². The van der Waals surface area contributed by atoms with E-state index in [0.29, 0.717) is 18.7 Å². The molecular formula is C27H27NO. The summed E-state index contributed by atoms with van der Waals surface area (Å²) in [6.45, 7) is 1.67. The van der Waals surface area contributed by atoms with E-state index in [0.717, 1.165) is 18.7 Å². The van der Waals surface area contributed by atoms with Crippen molar-refractivity contribution in [3.05, 3.63) is 108 Å². The smallest absolute Gasteiger partial charge is 0.119 e. The maximum absolute atomic E-state index is 5.94. The van der Waals surface area contributed by atoms with E-state index in [1.165, 1.54) is 35.1 Å². The monoisotopic (exact) mass is 381 g/mol. The summed E-state index contributed by atoms with van der Waals surface area (Å²) in [5.74, 6) is 0.933. The van der Waals surface area contributed by atoms with Gasteiger partial charge >= 0.3 is 0 Å². The van der Waals surface area contributed by atoms with Gasteiger partial charge in [0.05, 0.1) is 0 Å². The average molecular weight is 382 g/mol. The first-order valence-corrected chi connectivity index (χ1v) is 10.6. The standard InChI is InChI=1S/C27H27NO/c1-3-7-21(8-4-1)19-28-25-13-14-26(28)18-24(17-25)23-11-15-27(16-12-23)29-20-22-9-5-2-6-10-22/h1-12,15-17,25-26H,13-14,18-20H2. The highest BCUT2D eigenvalue weighted by atomic mass is 16.5. The largest absolute Gasteiger partial charge is 0.489 e. The van der Waals surface area contributed by atoms with Crippen LogP contribution in [-0.4, -0.2) is 17.0 Å². The molecule has 2 aliphatic heterocycles. The summed E-state index contributed by atoms with van der Waals surface area (Å²) in [7, 11) is 0. The fourth-order valence-corrected chi connectivity index (χ4v) is 4.68.